The van der Waals surface area contributed by atoms with Gasteiger partial charge in [0.25, 0.3) is 0 Å². The van der Waals surface area contributed by atoms with E-state index in [9.17, 15) is 0 Å². The van der Waals surface area contributed by atoms with E-state index in [4.69, 9.17) is 0 Å². The molecule has 0 aromatic carbocycles. The van der Waals surface area contributed by atoms with Crippen molar-refractivity contribution in [1.82, 2.24) is 11.1 Å². The van der Waals surface area contributed by atoms with Gasteiger partial charge in [-0.15, -0.1) is 0 Å². The highest BCUT2D eigenvalue weighted by atomic mass is 31.0. The first-order chi connectivity index (χ1) is 4.97. The van der Waals surface area contributed by atoms with E-state index < -0.39 is 0 Å². The van der Waals surface area contributed by atoms with E-state index >= 15 is 0 Å². The SMILES string of the molecule is N.P.c1cnc2c(c1)CCCC2. The molecule has 68 valence electrons. The fraction of sp³-hybridized carbons (Fsp3) is 0.444. The molecule has 1 aromatic rings. The van der Waals surface area contributed by atoms with Gasteiger partial charge in [0.2, 0.25) is 0 Å². The summed E-state index contributed by atoms with van der Waals surface area (Å²) in [6.07, 6.45) is 6.99. The maximum Gasteiger partial charge on any atom is 0.0435 e. The van der Waals surface area contributed by atoms with Crippen LogP contribution in [0.25, 0.3) is 0 Å². The van der Waals surface area contributed by atoms with Crippen LogP contribution < -0.4 is 6.15 Å². The zero-order valence-corrected chi connectivity index (χ0v) is 8.84. The quantitative estimate of drug-likeness (QED) is 0.628. The van der Waals surface area contributed by atoms with Gasteiger partial charge in [-0.1, -0.05) is 6.07 Å². The summed E-state index contributed by atoms with van der Waals surface area (Å²) in [4.78, 5) is 4.32. The van der Waals surface area contributed by atoms with Crippen molar-refractivity contribution in [3.63, 3.8) is 0 Å². The summed E-state index contributed by atoms with van der Waals surface area (Å²) in [5.41, 5.74) is 2.79. The van der Waals surface area contributed by atoms with Crippen molar-refractivity contribution in [3.05, 3.63) is 29.6 Å². The number of aromatic nitrogens is 1. The molecule has 2 rings (SSSR count). The van der Waals surface area contributed by atoms with Crippen LogP contribution in [0.5, 0.6) is 0 Å². The smallest absolute Gasteiger partial charge is 0.0435 e. The number of fused-ring (bicyclic) bond motifs is 1. The molecular weight excluding hydrogens is 167 g/mol. The Bertz CT molecular complexity index is 213. The van der Waals surface area contributed by atoms with Crippen LogP contribution in [0.3, 0.4) is 0 Å². The Kier molecular flexibility index (Phi) is 5.03. The van der Waals surface area contributed by atoms with Crippen molar-refractivity contribution in [2.45, 2.75) is 25.7 Å². The minimum absolute atomic E-state index is 0. The second-order valence-corrected chi connectivity index (χ2v) is 2.82. The van der Waals surface area contributed by atoms with Crippen molar-refractivity contribution in [2.24, 2.45) is 0 Å². The molecular formula is C9H17N2P. The number of pyridine rings is 1. The first kappa shape index (κ1) is 11.5. The molecule has 0 amide bonds. The van der Waals surface area contributed by atoms with Crippen LogP contribution >= 0.6 is 9.90 Å². The van der Waals surface area contributed by atoms with E-state index in [1.54, 1.807) is 0 Å². The Morgan fingerprint density at radius 2 is 1.92 bits per heavy atom. The summed E-state index contributed by atoms with van der Waals surface area (Å²) in [7, 11) is 0. The average Bonchev–Trinajstić information content (AvgIpc) is 2.05. The molecule has 1 heterocycles. The molecule has 3 heteroatoms. The van der Waals surface area contributed by atoms with E-state index in [-0.39, 0.29) is 16.0 Å². The molecule has 1 aliphatic carbocycles. The first-order valence-corrected chi connectivity index (χ1v) is 3.89. The molecule has 1 unspecified atom stereocenters. The summed E-state index contributed by atoms with van der Waals surface area (Å²) in [5.74, 6) is 0. The number of nitrogens with zero attached hydrogens (tertiary/aromatic N) is 1. The van der Waals surface area contributed by atoms with E-state index in [1.807, 2.05) is 12.3 Å². The molecule has 1 atom stereocenters. The van der Waals surface area contributed by atoms with Gasteiger partial charge in [-0.2, -0.15) is 9.90 Å². The highest BCUT2D eigenvalue weighted by Crippen LogP contribution is 2.17. The topological polar surface area (TPSA) is 47.9 Å². The minimum atomic E-state index is 0. The third-order valence-electron chi connectivity index (χ3n) is 2.09. The van der Waals surface area contributed by atoms with E-state index in [0.29, 0.717) is 0 Å². The zero-order chi connectivity index (χ0) is 6.81. The largest absolute Gasteiger partial charge is 0.344 e. The fourth-order valence-electron chi connectivity index (χ4n) is 1.53. The monoisotopic (exact) mass is 184 g/mol. The molecule has 1 aromatic heterocycles. The maximum absolute atomic E-state index is 4.32. The van der Waals surface area contributed by atoms with Gasteiger partial charge in [-0.05, 0) is 37.3 Å². The second-order valence-electron chi connectivity index (χ2n) is 2.82. The van der Waals surface area contributed by atoms with Crippen LogP contribution in [0.1, 0.15) is 24.1 Å². The summed E-state index contributed by atoms with van der Waals surface area (Å²) in [6, 6.07) is 4.23. The van der Waals surface area contributed by atoms with Crippen molar-refractivity contribution in [3.8, 4) is 0 Å². The summed E-state index contributed by atoms with van der Waals surface area (Å²) in [5, 5.41) is 0. The van der Waals surface area contributed by atoms with Gasteiger partial charge in [0.05, 0.1) is 0 Å². The Labute approximate surface area is 77.0 Å². The molecule has 12 heavy (non-hydrogen) atoms. The molecule has 0 spiro atoms. The van der Waals surface area contributed by atoms with E-state index in [2.05, 4.69) is 11.1 Å². The molecule has 3 N–H and O–H groups in total. The van der Waals surface area contributed by atoms with Gasteiger partial charge in [-0.25, -0.2) is 0 Å². The molecule has 0 saturated heterocycles. The highest BCUT2D eigenvalue weighted by Gasteiger charge is 2.07. The Balaban J connectivity index is 0.000000605. The predicted octanol–water partition coefficient (Wildman–Crippen LogP) is 2.18. The van der Waals surface area contributed by atoms with Crippen LogP contribution in [0.2, 0.25) is 0 Å². The van der Waals surface area contributed by atoms with Crippen LogP contribution in [0.15, 0.2) is 18.3 Å². The summed E-state index contributed by atoms with van der Waals surface area (Å²) >= 11 is 0. The maximum atomic E-state index is 4.32. The van der Waals surface area contributed by atoms with Crippen molar-refractivity contribution >= 4 is 9.90 Å². The third kappa shape index (κ3) is 2.26. The van der Waals surface area contributed by atoms with E-state index in [1.165, 1.54) is 36.9 Å². The number of rotatable bonds is 0. The van der Waals surface area contributed by atoms with Gasteiger partial charge in [0.1, 0.15) is 0 Å². The Morgan fingerprint density at radius 1 is 1.17 bits per heavy atom. The van der Waals surface area contributed by atoms with Gasteiger partial charge in [0, 0.05) is 11.9 Å². The standard InChI is InChI=1S/C9H11N.H3N.H3P/c1-2-6-9-8(4-1)5-3-7-10-9;;/h3,5,7H,1-2,4,6H2;2*1H3. The van der Waals surface area contributed by atoms with Crippen LogP contribution in [0.4, 0.5) is 0 Å². The molecule has 0 aliphatic heterocycles. The molecule has 2 nitrogen and oxygen atoms in total. The lowest BCUT2D eigenvalue weighted by molar-refractivity contribution is 0.668. The molecule has 1 aliphatic rings. The predicted molar refractivity (Wildman–Crippen MR) is 57.0 cm³/mol. The van der Waals surface area contributed by atoms with Crippen molar-refractivity contribution in [1.29, 1.82) is 0 Å². The van der Waals surface area contributed by atoms with Gasteiger partial charge < -0.3 is 6.15 Å². The Morgan fingerprint density at radius 3 is 2.67 bits per heavy atom. The summed E-state index contributed by atoms with van der Waals surface area (Å²) in [6.45, 7) is 0. The first-order valence-electron chi connectivity index (χ1n) is 3.89. The lowest BCUT2D eigenvalue weighted by Gasteiger charge is -2.12. The van der Waals surface area contributed by atoms with Crippen LogP contribution in [-0.2, 0) is 12.8 Å². The molecule has 0 saturated carbocycles. The molecule has 0 bridgehead atoms. The van der Waals surface area contributed by atoms with Gasteiger partial charge in [-0.3, -0.25) is 4.98 Å². The highest BCUT2D eigenvalue weighted by molar-refractivity contribution is 6.92. The number of aryl methyl sites for hydroxylation is 2. The van der Waals surface area contributed by atoms with E-state index in [0.717, 1.165) is 0 Å². The lowest BCUT2D eigenvalue weighted by Crippen LogP contribution is -2.03. The van der Waals surface area contributed by atoms with Crippen molar-refractivity contribution < 1.29 is 0 Å². The van der Waals surface area contributed by atoms with Crippen LogP contribution in [-0.4, -0.2) is 4.98 Å². The molecule has 0 fully saturated rings. The fourth-order valence-corrected chi connectivity index (χ4v) is 1.53. The minimum Gasteiger partial charge on any atom is -0.344 e. The van der Waals surface area contributed by atoms with Gasteiger partial charge >= 0.3 is 0 Å². The normalized spacial score (nSPS) is 13.7. The average molecular weight is 184 g/mol. The summed E-state index contributed by atoms with van der Waals surface area (Å²) < 4.78 is 0. The van der Waals surface area contributed by atoms with Crippen LogP contribution in [0, 0.1) is 0 Å². The second kappa shape index (κ2) is 5.23. The Hall–Kier alpha value is -0.460. The molecule has 0 radical (unpaired) electrons. The zero-order valence-electron chi connectivity index (χ0n) is 7.42. The van der Waals surface area contributed by atoms with Gasteiger partial charge in [0.15, 0.2) is 0 Å². The number of hydrogen-bond acceptors (Lipinski definition) is 2. The third-order valence-corrected chi connectivity index (χ3v) is 2.09. The van der Waals surface area contributed by atoms with Crippen molar-refractivity contribution in [2.75, 3.05) is 0 Å². The number of hydrogen-bond donors (Lipinski definition) is 1. The lowest BCUT2D eigenvalue weighted by atomic mass is 9.96.